The van der Waals surface area contributed by atoms with Crippen molar-refractivity contribution in [3.63, 3.8) is 0 Å². The van der Waals surface area contributed by atoms with Crippen LogP contribution in [0.2, 0.25) is 0 Å². The van der Waals surface area contributed by atoms with Crippen LogP contribution in [0.4, 0.5) is 4.39 Å². The van der Waals surface area contributed by atoms with Crippen molar-refractivity contribution in [3.8, 4) is 0 Å². The van der Waals surface area contributed by atoms with E-state index in [9.17, 15) is 9.18 Å². The van der Waals surface area contributed by atoms with Gasteiger partial charge < -0.3 is 14.7 Å². The summed E-state index contributed by atoms with van der Waals surface area (Å²) < 4.78 is 14.5. The van der Waals surface area contributed by atoms with Crippen LogP contribution in [0.1, 0.15) is 0 Å². The summed E-state index contributed by atoms with van der Waals surface area (Å²) >= 11 is 0. The Morgan fingerprint density at radius 1 is 1.67 bits per heavy atom. The summed E-state index contributed by atoms with van der Waals surface area (Å²) in [7, 11) is -2.21. The first-order chi connectivity index (χ1) is 3.66. The monoisotopic (exact) mass is 130 g/mol. The minimum absolute atomic E-state index is 0. The van der Waals surface area contributed by atoms with E-state index >= 15 is 0 Å². The van der Waals surface area contributed by atoms with E-state index in [2.05, 4.69) is 4.65 Å². The maximum atomic E-state index is 11.1. The van der Waals surface area contributed by atoms with E-state index in [0.717, 1.165) is 0 Å². The van der Waals surface area contributed by atoms with Crippen LogP contribution < -0.4 is 0 Å². The molecule has 48 valence electrons. The summed E-state index contributed by atoms with van der Waals surface area (Å²) in [6.07, 6.45) is 0. The second-order valence-corrected chi connectivity index (χ2v) is 0.950. The molecular formula is C2H5BFLiO4. The molecule has 0 radical (unpaired) electrons. The summed E-state index contributed by atoms with van der Waals surface area (Å²) in [5, 5.41) is 15.6. The van der Waals surface area contributed by atoms with Crippen molar-refractivity contribution in [3.05, 3.63) is 0 Å². The van der Waals surface area contributed by atoms with Gasteiger partial charge in [-0.3, -0.25) is 4.79 Å². The van der Waals surface area contributed by atoms with Crippen LogP contribution in [0, 0.1) is 0 Å². The third-order valence-corrected chi connectivity index (χ3v) is 0.346. The van der Waals surface area contributed by atoms with Crippen LogP contribution in [-0.4, -0.2) is 48.9 Å². The fraction of sp³-hybridized carbons (Fsp3) is 0.500. The topological polar surface area (TPSA) is 66.8 Å². The molecule has 0 heterocycles. The van der Waals surface area contributed by atoms with Gasteiger partial charge in [-0.1, -0.05) is 0 Å². The van der Waals surface area contributed by atoms with Gasteiger partial charge in [-0.05, 0) is 0 Å². The van der Waals surface area contributed by atoms with Crippen LogP contribution in [-0.2, 0) is 9.45 Å². The van der Waals surface area contributed by atoms with Gasteiger partial charge >= 0.3 is 32.2 Å². The van der Waals surface area contributed by atoms with Gasteiger partial charge in [-0.15, -0.1) is 0 Å². The van der Waals surface area contributed by atoms with Gasteiger partial charge in [-0.25, -0.2) is 4.39 Å². The molecule has 0 aromatic heterocycles. The average Bonchev–Trinajstić information content (AvgIpc) is 1.65. The number of carbonyl (C=O) groups is 1. The SMILES string of the molecule is O=C(CF)OB(O)O.[LiH]. The molecular weight excluding hydrogens is 125 g/mol. The maximum absolute atomic E-state index is 11.1. The van der Waals surface area contributed by atoms with Gasteiger partial charge in [0.25, 0.3) is 0 Å². The Morgan fingerprint density at radius 3 is 2.22 bits per heavy atom. The van der Waals surface area contributed by atoms with E-state index in [1.54, 1.807) is 0 Å². The van der Waals surface area contributed by atoms with E-state index < -0.39 is 20.0 Å². The molecule has 0 aromatic carbocycles. The van der Waals surface area contributed by atoms with Crippen molar-refractivity contribution in [2.24, 2.45) is 0 Å². The molecule has 2 N–H and O–H groups in total. The molecule has 0 atom stereocenters. The third-order valence-electron chi connectivity index (χ3n) is 0.346. The van der Waals surface area contributed by atoms with Gasteiger partial charge in [0.05, 0.1) is 0 Å². The Hall–Kier alpha value is -0.0177. The Morgan fingerprint density at radius 2 is 2.11 bits per heavy atom. The first kappa shape index (κ1) is 11.7. The first-order valence-electron chi connectivity index (χ1n) is 1.78. The van der Waals surface area contributed by atoms with Gasteiger partial charge in [0.15, 0.2) is 6.67 Å². The molecule has 0 aliphatic heterocycles. The Labute approximate surface area is 63.4 Å². The molecule has 7 heteroatoms. The second-order valence-electron chi connectivity index (χ2n) is 0.950. The molecule has 0 spiro atoms. The summed E-state index contributed by atoms with van der Waals surface area (Å²) in [6.45, 7) is -1.35. The second kappa shape index (κ2) is 6.11. The zero-order valence-corrected chi connectivity index (χ0v) is 3.87. The van der Waals surface area contributed by atoms with E-state index in [1.807, 2.05) is 0 Å². The molecule has 0 fully saturated rings. The van der Waals surface area contributed by atoms with Crippen molar-refractivity contribution in [1.29, 1.82) is 0 Å². The van der Waals surface area contributed by atoms with Gasteiger partial charge in [-0.2, -0.15) is 0 Å². The zero-order chi connectivity index (χ0) is 6.57. The fourth-order valence-corrected chi connectivity index (χ4v) is 0.149. The Balaban J connectivity index is 0. The molecule has 9 heavy (non-hydrogen) atoms. The number of halogens is 1. The van der Waals surface area contributed by atoms with Crippen molar-refractivity contribution < 1.29 is 23.9 Å². The quantitative estimate of drug-likeness (QED) is 0.417. The zero-order valence-electron chi connectivity index (χ0n) is 3.87. The summed E-state index contributed by atoms with van der Waals surface area (Å²) in [5.41, 5.74) is 0. The first-order valence-corrected chi connectivity index (χ1v) is 1.78. The van der Waals surface area contributed by atoms with Gasteiger partial charge in [0.2, 0.25) is 0 Å². The predicted molar refractivity (Wildman–Crippen MR) is 29.4 cm³/mol. The number of hydrogen-bond acceptors (Lipinski definition) is 4. The van der Waals surface area contributed by atoms with Gasteiger partial charge in [0.1, 0.15) is 0 Å². The molecule has 0 aliphatic carbocycles. The molecule has 0 unspecified atom stereocenters. The fourth-order valence-electron chi connectivity index (χ4n) is 0.149. The third kappa shape index (κ3) is 7.98. The van der Waals surface area contributed by atoms with E-state index in [-0.39, 0.29) is 18.9 Å². The number of alkyl halides is 1. The van der Waals surface area contributed by atoms with E-state index in [0.29, 0.717) is 0 Å². The van der Waals surface area contributed by atoms with Crippen molar-refractivity contribution in [1.82, 2.24) is 0 Å². The number of hydrogen-bond donors (Lipinski definition) is 2. The molecule has 0 aromatic rings. The van der Waals surface area contributed by atoms with Crippen molar-refractivity contribution in [2.45, 2.75) is 0 Å². The van der Waals surface area contributed by atoms with Crippen molar-refractivity contribution in [2.75, 3.05) is 6.67 Å². The van der Waals surface area contributed by atoms with Crippen LogP contribution in [0.3, 0.4) is 0 Å². The molecule has 0 saturated heterocycles. The summed E-state index contributed by atoms with van der Waals surface area (Å²) in [6, 6.07) is 0. The van der Waals surface area contributed by atoms with E-state index in [1.165, 1.54) is 0 Å². The van der Waals surface area contributed by atoms with Crippen LogP contribution in [0.25, 0.3) is 0 Å². The normalized spacial score (nSPS) is 7.44. The number of rotatable bonds is 2. The van der Waals surface area contributed by atoms with Crippen LogP contribution in [0.5, 0.6) is 0 Å². The minimum atomic E-state index is -2.21. The summed E-state index contributed by atoms with van der Waals surface area (Å²) in [4.78, 5) is 9.70. The van der Waals surface area contributed by atoms with Crippen molar-refractivity contribution >= 4 is 32.2 Å². The Bertz CT molecular complexity index is 88.6. The molecule has 0 bridgehead atoms. The predicted octanol–water partition coefficient (Wildman–Crippen LogP) is -2.18. The molecule has 0 aliphatic rings. The summed E-state index contributed by atoms with van der Waals surface area (Å²) in [5.74, 6) is -1.29. The average molecular weight is 130 g/mol. The standard InChI is InChI=1S/C2H4BFO4.Li.H/c4-1-2(5)8-3(6)7;;/h6-7H,1H2;;. The Kier molecular flexibility index (Phi) is 7.97. The van der Waals surface area contributed by atoms with E-state index in [4.69, 9.17) is 10.0 Å². The molecule has 0 saturated carbocycles. The molecule has 0 rings (SSSR count). The van der Waals surface area contributed by atoms with Gasteiger partial charge in [0, 0.05) is 0 Å². The van der Waals surface area contributed by atoms with Crippen LogP contribution in [0.15, 0.2) is 0 Å². The molecule has 4 nitrogen and oxygen atoms in total. The molecule has 0 amide bonds. The van der Waals surface area contributed by atoms with Crippen LogP contribution >= 0.6 is 0 Å². The number of carbonyl (C=O) groups excluding carboxylic acids is 1.